The van der Waals surface area contributed by atoms with Crippen LogP contribution in [0.4, 0.5) is 0 Å². The number of rotatable bonds is 20. The number of hydrogen-bond acceptors (Lipinski definition) is 4. The van der Waals surface area contributed by atoms with Crippen molar-refractivity contribution in [2.24, 2.45) is 0 Å². The first kappa shape index (κ1) is 26.6. The molecule has 0 rings (SSSR count). The molecule has 0 heterocycles. The van der Waals surface area contributed by atoms with Crippen molar-refractivity contribution in [3.05, 3.63) is 12.2 Å². The lowest BCUT2D eigenvalue weighted by Gasteiger charge is -2.06. The van der Waals surface area contributed by atoms with Gasteiger partial charge in [-0.05, 0) is 32.1 Å². The molecular formula is C23H44N2O3. The molecule has 0 spiro atoms. The fourth-order valence-corrected chi connectivity index (χ4v) is 2.90. The van der Waals surface area contributed by atoms with E-state index in [0.717, 1.165) is 12.8 Å². The van der Waals surface area contributed by atoms with E-state index < -0.39 is 0 Å². The van der Waals surface area contributed by atoms with E-state index in [0.29, 0.717) is 25.9 Å². The molecule has 2 N–H and O–H groups in total. The highest BCUT2D eigenvalue weighted by Crippen LogP contribution is 2.09. The van der Waals surface area contributed by atoms with E-state index >= 15 is 0 Å². The third kappa shape index (κ3) is 20.9. The monoisotopic (exact) mass is 396 g/mol. The summed E-state index contributed by atoms with van der Waals surface area (Å²) < 4.78 is 0. The van der Waals surface area contributed by atoms with Crippen molar-refractivity contribution in [3.8, 4) is 0 Å². The molecule has 28 heavy (non-hydrogen) atoms. The van der Waals surface area contributed by atoms with E-state index in [1.54, 1.807) is 6.92 Å². The van der Waals surface area contributed by atoms with Crippen LogP contribution >= 0.6 is 0 Å². The van der Waals surface area contributed by atoms with Gasteiger partial charge >= 0.3 is 5.97 Å². The molecule has 0 fully saturated rings. The van der Waals surface area contributed by atoms with E-state index in [1.807, 2.05) is 0 Å². The molecule has 0 aliphatic carbocycles. The van der Waals surface area contributed by atoms with Crippen LogP contribution in [0, 0.1) is 0 Å². The van der Waals surface area contributed by atoms with Crippen LogP contribution in [0.2, 0.25) is 0 Å². The molecule has 0 atom stereocenters. The highest BCUT2D eigenvalue weighted by Gasteiger charge is 2.01. The summed E-state index contributed by atoms with van der Waals surface area (Å²) in [5, 5.41) is 2.82. The summed E-state index contributed by atoms with van der Waals surface area (Å²) in [6.07, 6.45) is 22.0. The van der Waals surface area contributed by atoms with Gasteiger partial charge in [0.1, 0.15) is 0 Å². The molecule has 0 aromatic rings. The minimum Gasteiger partial charge on any atom is -0.371 e. The molecule has 0 saturated carbocycles. The number of amides is 1. The zero-order valence-electron chi connectivity index (χ0n) is 18.4. The Morgan fingerprint density at radius 1 is 0.750 bits per heavy atom. The van der Waals surface area contributed by atoms with Crippen molar-refractivity contribution in [1.82, 2.24) is 10.8 Å². The lowest BCUT2D eigenvalue weighted by molar-refractivity contribution is -0.150. The summed E-state index contributed by atoms with van der Waals surface area (Å²) in [6, 6.07) is 0. The summed E-state index contributed by atoms with van der Waals surface area (Å²) in [5.74, 6) is -0.221. The predicted molar refractivity (Wildman–Crippen MR) is 117 cm³/mol. The zero-order valence-corrected chi connectivity index (χ0v) is 18.4. The van der Waals surface area contributed by atoms with Crippen molar-refractivity contribution in [3.63, 3.8) is 0 Å². The summed E-state index contributed by atoms with van der Waals surface area (Å²) in [5.41, 5.74) is 2.54. The summed E-state index contributed by atoms with van der Waals surface area (Å²) >= 11 is 0. The maximum Gasteiger partial charge on any atom is 0.324 e. The lowest BCUT2D eigenvalue weighted by Crippen LogP contribution is -2.32. The van der Waals surface area contributed by atoms with Gasteiger partial charge in [0.15, 0.2) is 0 Å². The Morgan fingerprint density at radius 3 is 1.93 bits per heavy atom. The SMILES string of the molecule is CCCCCCCC/C=C\CCCCCCCC(=O)NCCNOC(=O)CC. The normalized spacial score (nSPS) is 11.1. The Hall–Kier alpha value is -1.36. The molecule has 0 saturated heterocycles. The van der Waals surface area contributed by atoms with Crippen LogP contribution in [-0.4, -0.2) is 25.0 Å². The fourth-order valence-electron chi connectivity index (χ4n) is 2.90. The van der Waals surface area contributed by atoms with E-state index in [1.165, 1.54) is 70.6 Å². The quantitative estimate of drug-likeness (QED) is 0.160. The smallest absolute Gasteiger partial charge is 0.324 e. The van der Waals surface area contributed by atoms with E-state index in [2.05, 4.69) is 29.9 Å². The van der Waals surface area contributed by atoms with Gasteiger partial charge in [-0.1, -0.05) is 77.4 Å². The Morgan fingerprint density at radius 2 is 1.32 bits per heavy atom. The van der Waals surface area contributed by atoms with Crippen LogP contribution < -0.4 is 10.8 Å². The van der Waals surface area contributed by atoms with Gasteiger partial charge in [-0.15, -0.1) is 0 Å². The molecule has 1 amide bonds. The molecule has 0 aromatic carbocycles. The second kappa shape index (κ2) is 21.9. The number of hydrogen-bond donors (Lipinski definition) is 2. The van der Waals surface area contributed by atoms with Gasteiger partial charge in [-0.25, -0.2) is 0 Å². The van der Waals surface area contributed by atoms with Gasteiger partial charge in [0.2, 0.25) is 5.91 Å². The largest absolute Gasteiger partial charge is 0.371 e. The number of carbonyl (C=O) groups is 2. The number of unbranched alkanes of at least 4 members (excludes halogenated alkanes) is 11. The van der Waals surface area contributed by atoms with Gasteiger partial charge in [0.05, 0.1) is 0 Å². The highest BCUT2D eigenvalue weighted by atomic mass is 16.7. The van der Waals surface area contributed by atoms with Crippen LogP contribution in [-0.2, 0) is 14.4 Å². The first-order chi connectivity index (χ1) is 13.7. The van der Waals surface area contributed by atoms with Gasteiger partial charge in [-0.2, -0.15) is 5.48 Å². The summed E-state index contributed by atoms with van der Waals surface area (Å²) in [6.45, 7) is 4.90. The standard InChI is InChI=1S/C23H44N2O3/c1-3-5-6-7-8-9-10-11-12-13-14-15-16-17-18-19-22(26)24-20-21-25-28-23(27)4-2/h11-12,25H,3-10,13-21H2,1-2H3,(H,24,26)/b12-11-. The molecule has 5 nitrogen and oxygen atoms in total. The maximum absolute atomic E-state index is 11.7. The molecule has 0 aliphatic heterocycles. The lowest BCUT2D eigenvalue weighted by atomic mass is 10.1. The van der Waals surface area contributed by atoms with Crippen LogP contribution in [0.25, 0.3) is 0 Å². The van der Waals surface area contributed by atoms with Crippen LogP contribution in [0.15, 0.2) is 12.2 Å². The van der Waals surface area contributed by atoms with Gasteiger partial charge in [0.25, 0.3) is 0 Å². The van der Waals surface area contributed by atoms with Crippen molar-refractivity contribution in [2.45, 2.75) is 110 Å². The zero-order chi connectivity index (χ0) is 20.7. The Balaban J connectivity index is 3.24. The second-order valence-electron chi connectivity index (χ2n) is 7.41. The minimum absolute atomic E-state index is 0.0706. The van der Waals surface area contributed by atoms with Crippen LogP contribution in [0.3, 0.4) is 0 Å². The average Bonchev–Trinajstić information content (AvgIpc) is 2.70. The number of nitrogens with one attached hydrogen (secondary N) is 2. The molecule has 0 radical (unpaired) electrons. The van der Waals surface area contributed by atoms with Gasteiger partial charge in [0, 0.05) is 25.9 Å². The third-order valence-corrected chi connectivity index (χ3v) is 4.69. The molecule has 5 heteroatoms. The van der Waals surface area contributed by atoms with Crippen molar-refractivity contribution >= 4 is 11.9 Å². The molecule has 164 valence electrons. The number of hydroxylamine groups is 1. The third-order valence-electron chi connectivity index (χ3n) is 4.69. The Kier molecular flexibility index (Phi) is 20.9. The molecule has 0 aliphatic rings. The fraction of sp³-hybridized carbons (Fsp3) is 0.826. The maximum atomic E-state index is 11.7. The first-order valence-electron chi connectivity index (χ1n) is 11.5. The number of carbonyl (C=O) groups excluding carboxylic acids is 2. The van der Waals surface area contributed by atoms with Crippen molar-refractivity contribution < 1.29 is 14.4 Å². The van der Waals surface area contributed by atoms with Crippen LogP contribution in [0.5, 0.6) is 0 Å². The Labute approximate surface area is 173 Å². The second-order valence-corrected chi connectivity index (χ2v) is 7.41. The number of allylic oxidation sites excluding steroid dienone is 2. The molecule has 0 unspecified atom stereocenters. The summed E-state index contributed by atoms with van der Waals surface area (Å²) in [4.78, 5) is 27.3. The van der Waals surface area contributed by atoms with Crippen LogP contribution in [0.1, 0.15) is 110 Å². The topological polar surface area (TPSA) is 67.4 Å². The molecule has 0 aromatic heterocycles. The van der Waals surface area contributed by atoms with Crippen molar-refractivity contribution in [2.75, 3.05) is 13.1 Å². The molecule has 0 bridgehead atoms. The Bertz CT molecular complexity index is 397. The molecular weight excluding hydrogens is 352 g/mol. The van der Waals surface area contributed by atoms with Gasteiger partial charge in [-0.3, -0.25) is 9.59 Å². The average molecular weight is 397 g/mol. The first-order valence-corrected chi connectivity index (χ1v) is 11.5. The predicted octanol–water partition coefficient (Wildman–Crippen LogP) is 5.60. The highest BCUT2D eigenvalue weighted by molar-refractivity contribution is 5.75. The van der Waals surface area contributed by atoms with Gasteiger partial charge < -0.3 is 10.2 Å². The minimum atomic E-state index is -0.292. The van der Waals surface area contributed by atoms with E-state index in [9.17, 15) is 9.59 Å². The van der Waals surface area contributed by atoms with E-state index in [-0.39, 0.29) is 11.9 Å². The summed E-state index contributed by atoms with van der Waals surface area (Å²) in [7, 11) is 0. The van der Waals surface area contributed by atoms with Crippen molar-refractivity contribution in [1.29, 1.82) is 0 Å². The van der Waals surface area contributed by atoms with E-state index in [4.69, 9.17) is 4.84 Å².